The van der Waals surface area contributed by atoms with Crippen molar-refractivity contribution < 1.29 is 14.0 Å². The molecule has 1 N–H and O–H groups in total. The summed E-state index contributed by atoms with van der Waals surface area (Å²) in [7, 11) is -2.52. The minimum Gasteiger partial charge on any atom is -0.504 e. The van der Waals surface area contributed by atoms with Crippen LogP contribution >= 0.6 is 0 Å². The average molecular weight is 127 g/mol. The molecule has 2 nitrogen and oxygen atoms in total. The molecule has 0 bridgehead atoms. The Labute approximate surface area is 57.9 Å². The zero-order chi connectivity index (χ0) is 9.19. The number of aromatic hydroxyl groups is 1. The third kappa shape index (κ3) is 1.13. The summed E-state index contributed by atoms with van der Waals surface area (Å²) in [5.74, 6) is -0.203. The molecule has 0 aromatic heterocycles. The van der Waals surface area contributed by atoms with Crippen LogP contribution in [0.4, 0.5) is 0 Å². The summed E-state index contributed by atoms with van der Waals surface area (Å²) in [6.07, 6.45) is 0. The second-order valence-electron chi connectivity index (χ2n) is 1.57. The van der Waals surface area contributed by atoms with Crippen LogP contribution in [0.25, 0.3) is 0 Å². The van der Waals surface area contributed by atoms with Crippen LogP contribution < -0.4 is 4.74 Å². The summed E-state index contributed by atoms with van der Waals surface area (Å²) in [5.41, 5.74) is 0. The SMILES string of the molecule is [2H]C([2H])([2H])Oc1ccccc1O. The minimum atomic E-state index is -2.52. The second kappa shape index (κ2) is 2.40. The van der Waals surface area contributed by atoms with E-state index in [1.807, 2.05) is 0 Å². The zero-order valence-electron chi connectivity index (χ0n) is 7.66. The molecular formula is C7H8O2. The van der Waals surface area contributed by atoms with Gasteiger partial charge in [-0.05, 0) is 12.1 Å². The zero-order valence-corrected chi connectivity index (χ0v) is 4.66. The molecule has 48 valence electrons. The first kappa shape index (κ1) is 3.11. The fourth-order valence-electron chi connectivity index (χ4n) is 0.543. The molecule has 0 fully saturated rings. The molecule has 0 amide bonds. The number of phenolic OH excluding ortho intramolecular Hbond substituents is 1. The van der Waals surface area contributed by atoms with Crippen molar-refractivity contribution in [3.05, 3.63) is 24.3 Å². The molecule has 0 aliphatic rings. The summed E-state index contributed by atoms with van der Waals surface area (Å²) in [5, 5.41) is 9.10. The molecule has 1 rings (SSSR count). The summed E-state index contributed by atoms with van der Waals surface area (Å²) < 4.78 is 24.8. The molecule has 0 heterocycles. The number of ether oxygens (including phenoxy) is 1. The number of rotatable bonds is 1. The third-order valence-electron chi connectivity index (χ3n) is 0.975. The summed E-state index contributed by atoms with van der Waals surface area (Å²) in [6, 6.07) is 5.92. The molecule has 9 heavy (non-hydrogen) atoms. The maximum Gasteiger partial charge on any atom is 0.160 e. The van der Waals surface area contributed by atoms with Crippen molar-refractivity contribution >= 4 is 0 Å². The van der Waals surface area contributed by atoms with Crippen LogP contribution in [-0.2, 0) is 0 Å². The molecule has 0 saturated heterocycles. The number of hydrogen-bond acceptors (Lipinski definition) is 2. The third-order valence-corrected chi connectivity index (χ3v) is 0.975. The van der Waals surface area contributed by atoms with Crippen molar-refractivity contribution in [2.75, 3.05) is 7.04 Å². The Balaban J connectivity index is 2.83. The van der Waals surface area contributed by atoms with Gasteiger partial charge in [0.15, 0.2) is 11.5 Å². The molecule has 0 aliphatic carbocycles. The molecule has 1 aromatic rings. The number of hydrogen-bond donors (Lipinski definition) is 1. The van der Waals surface area contributed by atoms with E-state index in [9.17, 15) is 0 Å². The van der Waals surface area contributed by atoms with Gasteiger partial charge in [-0.3, -0.25) is 0 Å². The van der Waals surface area contributed by atoms with Crippen LogP contribution in [-0.4, -0.2) is 12.1 Å². The minimum absolute atomic E-state index is 0.0301. The fourth-order valence-corrected chi connectivity index (χ4v) is 0.543. The van der Waals surface area contributed by atoms with Gasteiger partial charge < -0.3 is 9.84 Å². The Morgan fingerprint density at radius 2 is 2.33 bits per heavy atom. The van der Waals surface area contributed by atoms with Gasteiger partial charge in [-0.2, -0.15) is 0 Å². The molecule has 0 atom stereocenters. The summed E-state index contributed by atoms with van der Waals surface area (Å²) in [6.45, 7) is 0. The van der Waals surface area contributed by atoms with E-state index in [0.717, 1.165) is 0 Å². The lowest BCUT2D eigenvalue weighted by molar-refractivity contribution is 0.373. The largest absolute Gasteiger partial charge is 0.504 e. The molecule has 0 spiro atoms. The lowest BCUT2D eigenvalue weighted by Crippen LogP contribution is -1.80. The predicted octanol–water partition coefficient (Wildman–Crippen LogP) is 1.40. The van der Waals surface area contributed by atoms with Gasteiger partial charge in [-0.15, -0.1) is 0 Å². The molecule has 0 radical (unpaired) electrons. The average Bonchev–Trinajstić information content (AvgIpc) is 1.91. The second-order valence-corrected chi connectivity index (χ2v) is 1.57. The highest BCUT2D eigenvalue weighted by Crippen LogP contribution is 2.22. The van der Waals surface area contributed by atoms with Gasteiger partial charge in [0, 0.05) is 0 Å². The van der Waals surface area contributed by atoms with Crippen LogP contribution in [0.1, 0.15) is 4.11 Å². The van der Waals surface area contributed by atoms with Crippen molar-refractivity contribution in [1.29, 1.82) is 0 Å². The van der Waals surface area contributed by atoms with Crippen LogP contribution in [0.2, 0.25) is 0 Å². The molecule has 0 saturated carbocycles. The number of phenols is 1. The first-order valence-electron chi connectivity index (χ1n) is 3.96. The van der Waals surface area contributed by atoms with E-state index < -0.39 is 7.04 Å². The van der Waals surface area contributed by atoms with Crippen molar-refractivity contribution in [2.45, 2.75) is 0 Å². The fraction of sp³-hybridized carbons (Fsp3) is 0.143. The van der Waals surface area contributed by atoms with Gasteiger partial charge in [0.2, 0.25) is 0 Å². The molecule has 1 aromatic carbocycles. The lowest BCUT2D eigenvalue weighted by Gasteiger charge is -1.99. The van der Waals surface area contributed by atoms with E-state index in [2.05, 4.69) is 4.74 Å². The van der Waals surface area contributed by atoms with Crippen LogP contribution in [0.5, 0.6) is 11.5 Å². The molecule has 0 aliphatic heterocycles. The van der Waals surface area contributed by atoms with Gasteiger partial charge in [0.05, 0.1) is 11.2 Å². The highest BCUT2D eigenvalue weighted by molar-refractivity contribution is 5.37. The van der Waals surface area contributed by atoms with Gasteiger partial charge in [0.1, 0.15) is 0 Å². The van der Waals surface area contributed by atoms with E-state index in [0.29, 0.717) is 0 Å². The monoisotopic (exact) mass is 127 g/mol. The van der Waals surface area contributed by atoms with Gasteiger partial charge >= 0.3 is 0 Å². The van der Waals surface area contributed by atoms with Crippen molar-refractivity contribution in [2.24, 2.45) is 0 Å². The van der Waals surface area contributed by atoms with E-state index in [4.69, 9.17) is 9.22 Å². The quantitative estimate of drug-likeness (QED) is 0.617. The van der Waals surface area contributed by atoms with Crippen molar-refractivity contribution in [1.82, 2.24) is 0 Å². The topological polar surface area (TPSA) is 29.5 Å². The predicted molar refractivity (Wildman–Crippen MR) is 34.7 cm³/mol. The molecular weight excluding hydrogens is 116 g/mol. The standard InChI is InChI=1S/C7H8O2/c1-9-7-5-3-2-4-6(7)8/h2-5,8H,1H3/i1D3. The first-order valence-corrected chi connectivity index (χ1v) is 2.46. The van der Waals surface area contributed by atoms with E-state index in [1.54, 1.807) is 12.1 Å². The summed E-state index contributed by atoms with van der Waals surface area (Å²) >= 11 is 0. The lowest BCUT2D eigenvalue weighted by atomic mass is 10.3. The highest BCUT2D eigenvalue weighted by atomic mass is 16.5. The molecule has 2 heteroatoms. The normalized spacial score (nSPS) is 15.3. The van der Waals surface area contributed by atoms with E-state index in [-0.39, 0.29) is 11.5 Å². The van der Waals surface area contributed by atoms with Gasteiger partial charge in [-0.25, -0.2) is 0 Å². The summed E-state index contributed by atoms with van der Waals surface area (Å²) in [4.78, 5) is 0. The first-order chi connectivity index (χ1) is 5.49. The Bertz CT molecular complexity index is 270. The Morgan fingerprint density at radius 3 is 3.00 bits per heavy atom. The Morgan fingerprint density at radius 1 is 1.56 bits per heavy atom. The van der Waals surface area contributed by atoms with Crippen LogP contribution in [0.3, 0.4) is 0 Å². The van der Waals surface area contributed by atoms with Crippen molar-refractivity contribution in [3.63, 3.8) is 0 Å². The van der Waals surface area contributed by atoms with Gasteiger partial charge in [0.25, 0.3) is 0 Å². The van der Waals surface area contributed by atoms with Gasteiger partial charge in [-0.1, -0.05) is 12.1 Å². The molecule has 0 unspecified atom stereocenters. The maximum absolute atomic E-state index is 9.10. The number of methoxy groups -OCH3 is 1. The Hall–Kier alpha value is -1.18. The van der Waals surface area contributed by atoms with E-state index in [1.165, 1.54) is 12.1 Å². The number of benzene rings is 1. The highest BCUT2D eigenvalue weighted by Gasteiger charge is 1.94. The van der Waals surface area contributed by atoms with Crippen LogP contribution in [0, 0.1) is 0 Å². The maximum atomic E-state index is 9.10. The smallest absolute Gasteiger partial charge is 0.160 e. The van der Waals surface area contributed by atoms with E-state index >= 15 is 0 Å². The Kier molecular flexibility index (Phi) is 0.827. The van der Waals surface area contributed by atoms with Crippen LogP contribution in [0.15, 0.2) is 24.3 Å². The number of para-hydroxylation sites is 2. The van der Waals surface area contributed by atoms with Crippen molar-refractivity contribution in [3.8, 4) is 11.5 Å².